The van der Waals surface area contributed by atoms with Crippen LogP contribution in [0.1, 0.15) is 39.7 Å². The summed E-state index contributed by atoms with van der Waals surface area (Å²) in [7, 11) is -4.26. The molecule has 0 bridgehead atoms. The Morgan fingerprint density at radius 2 is 1.50 bits per heavy atom. The second-order valence-electron chi connectivity index (χ2n) is 10.2. The Bertz CT molecular complexity index is 1440. The van der Waals surface area contributed by atoms with Crippen LogP contribution in [0, 0.1) is 0 Å². The number of anilines is 1. The van der Waals surface area contributed by atoms with Crippen LogP contribution in [0.5, 0.6) is 0 Å². The molecular formula is C29H32Cl3N3O4S. The Morgan fingerprint density at radius 3 is 2.08 bits per heavy atom. The normalized spacial score (nSPS) is 12.5. The van der Waals surface area contributed by atoms with E-state index in [9.17, 15) is 18.0 Å². The van der Waals surface area contributed by atoms with Crippen molar-refractivity contribution in [1.82, 2.24) is 10.2 Å². The molecule has 0 radical (unpaired) electrons. The molecule has 1 atom stereocenters. The Balaban J connectivity index is 2.10. The second-order valence-corrected chi connectivity index (χ2v) is 13.4. The smallest absolute Gasteiger partial charge is 0.264 e. The maximum atomic E-state index is 14.1. The summed E-state index contributed by atoms with van der Waals surface area (Å²) in [5.74, 6) is -0.947. The van der Waals surface area contributed by atoms with Crippen molar-refractivity contribution in [1.29, 1.82) is 0 Å². The number of nitrogens with zero attached hydrogens (tertiary/aromatic N) is 2. The van der Waals surface area contributed by atoms with Crippen molar-refractivity contribution < 1.29 is 18.0 Å². The Labute approximate surface area is 251 Å². The van der Waals surface area contributed by atoms with Crippen molar-refractivity contribution in [3.8, 4) is 0 Å². The summed E-state index contributed by atoms with van der Waals surface area (Å²) in [6.07, 6.45) is 0.296. The lowest BCUT2D eigenvalue weighted by atomic mass is 10.1. The molecule has 3 aromatic rings. The van der Waals surface area contributed by atoms with Gasteiger partial charge in [0.05, 0.1) is 15.6 Å². The lowest BCUT2D eigenvalue weighted by Crippen LogP contribution is -2.55. The molecule has 40 heavy (non-hydrogen) atoms. The lowest BCUT2D eigenvalue weighted by Gasteiger charge is -2.35. The average molecular weight is 625 g/mol. The minimum absolute atomic E-state index is 0.0272. The summed E-state index contributed by atoms with van der Waals surface area (Å²) in [5, 5.41) is 3.80. The third-order valence-corrected chi connectivity index (χ3v) is 8.52. The van der Waals surface area contributed by atoms with Crippen LogP contribution in [0.25, 0.3) is 0 Å². The number of rotatable bonds is 10. The summed E-state index contributed by atoms with van der Waals surface area (Å²) in [5.41, 5.74) is 0.222. The minimum atomic E-state index is -4.26. The summed E-state index contributed by atoms with van der Waals surface area (Å²) >= 11 is 18.7. The molecule has 1 N–H and O–H groups in total. The van der Waals surface area contributed by atoms with Crippen LogP contribution >= 0.6 is 34.8 Å². The molecule has 0 aliphatic heterocycles. The summed E-state index contributed by atoms with van der Waals surface area (Å²) < 4.78 is 28.7. The maximum Gasteiger partial charge on any atom is 0.264 e. The van der Waals surface area contributed by atoms with E-state index in [0.29, 0.717) is 11.4 Å². The van der Waals surface area contributed by atoms with Gasteiger partial charge in [0, 0.05) is 22.1 Å². The fraction of sp³-hybridized carbons (Fsp3) is 0.310. The van der Waals surface area contributed by atoms with Crippen LogP contribution in [0.4, 0.5) is 5.69 Å². The van der Waals surface area contributed by atoms with Crippen LogP contribution < -0.4 is 9.62 Å². The Hall–Kier alpha value is -2.78. The van der Waals surface area contributed by atoms with E-state index in [1.165, 1.54) is 35.2 Å². The summed E-state index contributed by atoms with van der Waals surface area (Å²) in [6.45, 7) is 6.76. The molecule has 11 heteroatoms. The van der Waals surface area contributed by atoms with Gasteiger partial charge in [-0.25, -0.2) is 8.42 Å². The largest absolute Gasteiger partial charge is 0.350 e. The molecule has 214 valence electrons. The van der Waals surface area contributed by atoms with Gasteiger partial charge in [-0.15, -0.1) is 0 Å². The molecule has 0 unspecified atom stereocenters. The zero-order chi connectivity index (χ0) is 29.7. The highest BCUT2D eigenvalue weighted by Crippen LogP contribution is 2.33. The molecule has 0 saturated heterocycles. The monoisotopic (exact) mass is 623 g/mol. The van der Waals surface area contributed by atoms with Gasteiger partial charge in [0.1, 0.15) is 12.6 Å². The molecule has 0 saturated carbocycles. The number of sulfonamides is 1. The van der Waals surface area contributed by atoms with E-state index in [0.717, 1.165) is 9.87 Å². The van der Waals surface area contributed by atoms with E-state index in [1.807, 2.05) is 20.8 Å². The molecule has 0 aliphatic rings. The fourth-order valence-corrected chi connectivity index (χ4v) is 6.08. The standard InChI is InChI=1S/C29H32Cl3N3O4S/c1-5-25(28(37)33-29(2,3)4)34(18-20-11-13-21(30)14-12-20)27(36)19-35(26-17-22(31)15-16-24(26)32)40(38,39)23-9-7-6-8-10-23/h6-17,25H,5,18-19H2,1-4H3,(H,33,37)/t25-/m0/s1. The number of nitrogens with one attached hydrogen (secondary N) is 1. The van der Waals surface area contributed by atoms with E-state index < -0.39 is 34.1 Å². The molecule has 3 rings (SSSR count). The van der Waals surface area contributed by atoms with Crippen molar-refractivity contribution in [2.75, 3.05) is 10.8 Å². The van der Waals surface area contributed by atoms with Crippen LogP contribution in [0.15, 0.2) is 77.7 Å². The molecule has 0 heterocycles. The fourth-order valence-electron chi connectivity index (χ4n) is 4.07. The van der Waals surface area contributed by atoms with E-state index in [2.05, 4.69) is 5.32 Å². The van der Waals surface area contributed by atoms with Crippen LogP contribution in [0.3, 0.4) is 0 Å². The number of carbonyl (C=O) groups excluding carboxylic acids is 2. The number of carbonyl (C=O) groups is 2. The van der Waals surface area contributed by atoms with Crippen molar-refractivity contribution in [2.45, 2.75) is 57.1 Å². The summed E-state index contributed by atoms with van der Waals surface area (Å²) in [6, 6.07) is 18.1. The molecule has 0 aliphatic carbocycles. The van der Waals surface area contributed by atoms with Crippen molar-refractivity contribution in [2.24, 2.45) is 0 Å². The first-order valence-electron chi connectivity index (χ1n) is 12.6. The number of benzene rings is 3. The Morgan fingerprint density at radius 1 is 0.900 bits per heavy atom. The zero-order valence-electron chi connectivity index (χ0n) is 22.7. The number of hydrogen-bond acceptors (Lipinski definition) is 4. The molecule has 0 fully saturated rings. The highest BCUT2D eigenvalue weighted by Gasteiger charge is 2.35. The van der Waals surface area contributed by atoms with Crippen molar-refractivity contribution >= 4 is 62.3 Å². The lowest BCUT2D eigenvalue weighted by molar-refractivity contribution is -0.141. The van der Waals surface area contributed by atoms with Gasteiger partial charge in [-0.1, -0.05) is 72.1 Å². The van der Waals surface area contributed by atoms with Gasteiger partial charge in [-0.05, 0) is 75.2 Å². The van der Waals surface area contributed by atoms with E-state index in [4.69, 9.17) is 34.8 Å². The van der Waals surface area contributed by atoms with Gasteiger partial charge in [0.25, 0.3) is 10.0 Å². The van der Waals surface area contributed by atoms with Crippen LogP contribution in [0.2, 0.25) is 15.1 Å². The molecule has 2 amide bonds. The quantitative estimate of drug-likeness (QED) is 0.277. The highest BCUT2D eigenvalue weighted by atomic mass is 35.5. The number of amides is 2. The first-order valence-corrected chi connectivity index (χ1v) is 15.2. The first-order chi connectivity index (χ1) is 18.7. The maximum absolute atomic E-state index is 14.1. The van der Waals surface area contributed by atoms with E-state index >= 15 is 0 Å². The SMILES string of the molecule is CC[C@@H](C(=O)NC(C)(C)C)N(Cc1ccc(Cl)cc1)C(=O)CN(c1cc(Cl)ccc1Cl)S(=O)(=O)c1ccccc1. The zero-order valence-corrected chi connectivity index (χ0v) is 25.8. The highest BCUT2D eigenvalue weighted by molar-refractivity contribution is 7.92. The van der Waals surface area contributed by atoms with Crippen LogP contribution in [-0.4, -0.2) is 43.3 Å². The van der Waals surface area contributed by atoms with Crippen molar-refractivity contribution in [3.63, 3.8) is 0 Å². The van der Waals surface area contributed by atoms with Gasteiger partial charge in [-0.3, -0.25) is 13.9 Å². The molecule has 3 aromatic carbocycles. The third-order valence-electron chi connectivity index (χ3n) is 5.94. The average Bonchev–Trinajstić information content (AvgIpc) is 2.89. The van der Waals surface area contributed by atoms with Gasteiger partial charge in [0.2, 0.25) is 11.8 Å². The van der Waals surface area contributed by atoms with E-state index in [1.54, 1.807) is 49.4 Å². The number of halogens is 3. The van der Waals surface area contributed by atoms with Crippen molar-refractivity contribution in [3.05, 3.63) is 93.4 Å². The second kappa shape index (κ2) is 13.3. The predicted molar refractivity (Wildman–Crippen MR) is 161 cm³/mol. The van der Waals surface area contributed by atoms with Gasteiger partial charge in [-0.2, -0.15) is 0 Å². The van der Waals surface area contributed by atoms with Crippen LogP contribution in [-0.2, 0) is 26.2 Å². The first kappa shape index (κ1) is 31.7. The molecule has 0 spiro atoms. The third kappa shape index (κ3) is 8.13. The minimum Gasteiger partial charge on any atom is -0.350 e. The number of hydrogen-bond donors (Lipinski definition) is 1. The van der Waals surface area contributed by atoms with Gasteiger partial charge < -0.3 is 10.2 Å². The topological polar surface area (TPSA) is 86.8 Å². The van der Waals surface area contributed by atoms with E-state index in [-0.39, 0.29) is 33.1 Å². The van der Waals surface area contributed by atoms with Gasteiger partial charge in [0.15, 0.2) is 0 Å². The Kier molecular flexibility index (Phi) is 10.5. The molecular weight excluding hydrogens is 593 g/mol. The summed E-state index contributed by atoms with van der Waals surface area (Å²) in [4.78, 5) is 28.8. The molecule has 7 nitrogen and oxygen atoms in total. The van der Waals surface area contributed by atoms with Gasteiger partial charge >= 0.3 is 0 Å². The predicted octanol–water partition coefficient (Wildman–Crippen LogP) is 6.56. The molecule has 0 aromatic heterocycles.